The van der Waals surface area contributed by atoms with Crippen molar-refractivity contribution in [3.63, 3.8) is 0 Å². The Hall–Kier alpha value is -1.14. The van der Waals surface area contributed by atoms with Gasteiger partial charge in [0.2, 0.25) is 10.0 Å². The Bertz CT molecular complexity index is 521. The van der Waals surface area contributed by atoms with Gasteiger partial charge in [0.05, 0.1) is 6.61 Å². The molecule has 0 aliphatic carbocycles. The summed E-state index contributed by atoms with van der Waals surface area (Å²) in [6, 6.07) is 3.67. The van der Waals surface area contributed by atoms with Crippen LogP contribution in [0.4, 0.5) is 4.39 Å². The highest BCUT2D eigenvalue weighted by Gasteiger charge is 2.25. The molecule has 6 heteroatoms. The maximum absolute atomic E-state index is 13.6. The minimum Gasteiger partial charge on any atom is -0.494 e. The molecule has 0 radical (unpaired) electrons. The number of sulfonamides is 1. The van der Waals surface area contributed by atoms with Crippen molar-refractivity contribution < 1.29 is 17.5 Å². The van der Waals surface area contributed by atoms with Gasteiger partial charge in [-0.05, 0) is 39.8 Å². The van der Waals surface area contributed by atoms with Gasteiger partial charge in [0.1, 0.15) is 16.5 Å². The van der Waals surface area contributed by atoms with Gasteiger partial charge in [-0.25, -0.2) is 17.5 Å². The van der Waals surface area contributed by atoms with Crippen molar-refractivity contribution in [2.45, 2.75) is 38.1 Å². The summed E-state index contributed by atoms with van der Waals surface area (Å²) in [6.45, 7) is 7.22. The number of hydrogen-bond acceptors (Lipinski definition) is 3. The third kappa shape index (κ3) is 3.96. The van der Waals surface area contributed by atoms with Gasteiger partial charge in [-0.15, -0.1) is 0 Å². The largest absolute Gasteiger partial charge is 0.494 e. The molecule has 1 aromatic carbocycles. The first-order valence-corrected chi connectivity index (χ1v) is 7.10. The summed E-state index contributed by atoms with van der Waals surface area (Å²) < 4.78 is 45.2. The minimum absolute atomic E-state index is 0.327. The normalized spacial score (nSPS) is 12.5. The van der Waals surface area contributed by atoms with Crippen molar-refractivity contribution in [1.82, 2.24) is 4.72 Å². The molecule has 0 heterocycles. The topological polar surface area (TPSA) is 55.4 Å². The quantitative estimate of drug-likeness (QED) is 0.917. The molecule has 0 amide bonds. The maximum atomic E-state index is 13.6. The Balaban J connectivity index is 3.19. The zero-order valence-corrected chi connectivity index (χ0v) is 11.8. The second-order valence-corrected chi connectivity index (χ2v) is 6.53. The van der Waals surface area contributed by atoms with Gasteiger partial charge in [0, 0.05) is 11.6 Å². The summed E-state index contributed by atoms with van der Waals surface area (Å²) in [5.41, 5.74) is -0.674. The van der Waals surface area contributed by atoms with Crippen LogP contribution < -0.4 is 9.46 Å². The number of nitrogens with one attached hydrogen (secondary N) is 1. The van der Waals surface area contributed by atoms with E-state index in [1.807, 2.05) is 0 Å². The Kier molecular flexibility index (Phi) is 4.34. The second-order valence-electron chi connectivity index (χ2n) is 4.88. The van der Waals surface area contributed by atoms with Crippen LogP contribution in [-0.4, -0.2) is 20.6 Å². The van der Waals surface area contributed by atoms with Crippen LogP contribution >= 0.6 is 0 Å². The molecule has 0 saturated carbocycles. The highest BCUT2D eigenvalue weighted by atomic mass is 32.2. The average Bonchev–Trinajstić information content (AvgIpc) is 2.17. The van der Waals surface area contributed by atoms with Crippen LogP contribution in [0.1, 0.15) is 27.7 Å². The first kappa shape index (κ1) is 14.9. The molecule has 0 spiro atoms. The summed E-state index contributed by atoms with van der Waals surface area (Å²) in [5.74, 6) is -0.469. The van der Waals surface area contributed by atoms with Gasteiger partial charge in [0.25, 0.3) is 0 Å². The van der Waals surface area contributed by atoms with E-state index in [0.29, 0.717) is 12.4 Å². The van der Waals surface area contributed by atoms with Crippen molar-refractivity contribution in [3.8, 4) is 5.75 Å². The number of halogens is 1. The highest BCUT2D eigenvalue weighted by molar-refractivity contribution is 7.89. The van der Waals surface area contributed by atoms with Crippen molar-refractivity contribution in [2.24, 2.45) is 0 Å². The lowest BCUT2D eigenvalue weighted by Crippen LogP contribution is -2.40. The summed E-state index contributed by atoms with van der Waals surface area (Å²) in [5, 5.41) is 0. The van der Waals surface area contributed by atoms with Crippen LogP contribution in [0.2, 0.25) is 0 Å². The van der Waals surface area contributed by atoms with Crippen LogP contribution in [-0.2, 0) is 10.0 Å². The third-order valence-electron chi connectivity index (χ3n) is 1.94. The molecule has 18 heavy (non-hydrogen) atoms. The first-order chi connectivity index (χ1) is 8.15. The maximum Gasteiger partial charge on any atom is 0.244 e. The van der Waals surface area contributed by atoms with E-state index in [1.54, 1.807) is 27.7 Å². The Morgan fingerprint density at radius 1 is 1.33 bits per heavy atom. The smallest absolute Gasteiger partial charge is 0.244 e. The summed E-state index contributed by atoms with van der Waals surface area (Å²) in [4.78, 5) is -0.400. The summed E-state index contributed by atoms with van der Waals surface area (Å²) >= 11 is 0. The molecule has 0 aliphatic rings. The number of benzene rings is 1. The first-order valence-electron chi connectivity index (χ1n) is 5.62. The van der Waals surface area contributed by atoms with E-state index >= 15 is 0 Å². The standard InChI is InChI=1S/C12H18FNO3S/c1-5-17-9-6-7-10(13)11(8-9)18(15,16)14-12(2,3)4/h6-8,14H,5H2,1-4H3. The molecule has 102 valence electrons. The van der Waals surface area contributed by atoms with Gasteiger partial charge >= 0.3 is 0 Å². The molecular formula is C12H18FNO3S. The van der Waals surface area contributed by atoms with Gasteiger partial charge in [-0.3, -0.25) is 0 Å². The SMILES string of the molecule is CCOc1ccc(F)c(S(=O)(=O)NC(C)(C)C)c1. The van der Waals surface area contributed by atoms with Crippen LogP contribution in [0.25, 0.3) is 0 Å². The molecule has 0 aromatic heterocycles. The van der Waals surface area contributed by atoms with Gasteiger partial charge in [-0.1, -0.05) is 0 Å². The summed E-state index contributed by atoms with van der Waals surface area (Å²) in [7, 11) is -3.89. The van der Waals surface area contributed by atoms with Crippen molar-refractivity contribution in [3.05, 3.63) is 24.0 Å². The van der Waals surface area contributed by atoms with Crippen LogP contribution in [0.15, 0.2) is 23.1 Å². The molecule has 1 rings (SSSR count). The Morgan fingerprint density at radius 3 is 2.44 bits per heavy atom. The van der Waals surface area contributed by atoms with E-state index in [9.17, 15) is 12.8 Å². The molecule has 0 fully saturated rings. The second kappa shape index (κ2) is 5.24. The van der Waals surface area contributed by atoms with Crippen LogP contribution in [0.3, 0.4) is 0 Å². The fourth-order valence-corrected chi connectivity index (χ4v) is 2.92. The average molecular weight is 275 g/mol. The van der Waals surface area contributed by atoms with Gasteiger partial charge in [0.15, 0.2) is 0 Å². The van der Waals surface area contributed by atoms with Crippen LogP contribution in [0.5, 0.6) is 5.75 Å². The minimum atomic E-state index is -3.89. The van der Waals surface area contributed by atoms with E-state index in [2.05, 4.69) is 4.72 Å². The van der Waals surface area contributed by atoms with E-state index in [4.69, 9.17) is 4.74 Å². The fraction of sp³-hybridized carbons (Fsp3) is 0.500. The molecule has 0 atom stereocenters. The zero-order valence-electron chi connectivity index (χ0n) is 11.0. The molecule has 0 bridgehead atoms. The molecule has 0 unspecified atom stereocenters. The van der Waals surface area contributed by atoms with E-state index in [-0.39, 0.29) is 0 Å². The molecule has 0 saturated heterocycles. The fourth-order valence-electron chi connectivity index (χ4n) is 1.40. The lowest BCUT2D eigenvalue weighted by atomic mass is 10.1. The predicted octanol–water partition coefficient (Wildman–Crippen LogP) is 2.30. The van der Waals surface area contributed by atoms with Crippen molar-refractivity contribution >= 4 is 10.0 Å². The molecule has 4 nitrogen and oxygen atoms in total. The molecule has 1 N–H and O–H groups in total. The Labute approximate surface area is 107 Å². The number of hydrogen-bond donors (Lipinski definition) is 1. The van der Waals surface area contributed by atoms with Gasteiger partial charge < -0.3 is 4.74 Å². The number of rotatable bonds is 4. The molecule has 0 aliphatic heterocycles. The van der Waals surface area contributed by atoms with Gasteiger partial charge in [-0.2, -0.15) is 0 Å². The third-order valence-corrected chi connectivity index (χ3v) is 3.72. The lowest BCUT2D eigenvalue weighted by Gasteiger charge is -2.20. The molecular weight excluding hydrogens is 257 g/mol. The van der Waals surface area contributed by atoms with Crippen molar-refractivity contribution in [1.29, 1.82) is 0 Å². The van der Waals surface area contributed by atoms with E-state index in [1.165, 1.54) is 12.1 Å². The summed E-state index contributed by atoms with van der Waals surface area (Å²) in [6.07, 6.45) is 0. The van der Waals surface area contributed by atoms with E-state index in [0.717, 1.165) is 6.07 Å². The monoisotopic (exact) mass is 275 g/mol. The highest BCUT2D eigenvalue weighted by Crippen LogP contribution is 2.22. The Morgan fingerprint density at radius 2 is 1.94 bits per heavy atom. The van der Waals surface area contributed by atoms with Crippen molar-refractivity contribution in [2.75, 3.05) is 6.61 Å². The molecule has 1 aromatic rings. The lowest BCUT2D eigenvalue weighted by molar-refractivity contribution is 0.338. The number of ether oxygens (including phenoxy) is 1. The van der Waals surface area contributed by atoms with Crippen LogP contribution in [0, 0.1) is 5.82 Å². The van der Waals surface area contributed by atoms with E-state index < -0.39 is 26.3 Å². The zero-order chi connectivity index (χ0) is 14.0. The predicted molar refractivity (Wildman–Crippen MR) is 67.6 cm³/mol.